The van der Waals surface area contributed by atoms with Crippen molar-refractivity contribution < 1.29 is 9.18 Å². The summed E-state index contributed by atoms with van der Waals surface area (Å²) in [6, 6.07) is 5.40. The van der Waals surface area contributed by atoms with Gasteiger partial charge < -0.3 is 9.88 Å². The number of carbonyl (C=O) groups is 1. The Morgan fingerprint density at radius 3 is 2.91 bits per heavy atom. The quantitative estimate of drug-likeness (QED) is 0.879. The van der Waals surface area contributed by atoms with Crippen LogP contribution in [0.3, 0.4) is 0 Å². The summed E-state index contributed by atoms with van der Waals surface area (Å²) < 4.78 is 13.5. The van der Waals surface area contributed by atoms with E-state index in [1.165, 1.54) is 24.3 Å². The Morgan fingerprint density at radius 1 is 1.36 bits per heavy atom. The predicted octanol–water partition coefficient (Wildman–Crippen LogP) is 2.63. The zero-order valence-corrected chi connectivity index (χ0v) is 13.2. The highest BCUT2D eigenvalue weighted by Crippen LogP contribution is 2.27. The number of pyridine rings is 1. The van der Waals surface area contributed by atoms with E-state index in [1.807, 2.05) is 18.7 Å². The van der Waals surface area contributed by atoms with Crippen molar-refractivity contribution in [3.8, 4) is 0 Å². The van der Waals surface area contributed by atoms with Crippen LogP contribution in [0.1, 0.15) is 24.2 Å². The second kappa shape index (κ2) is 5.76. The molecule has 0 unspecified atom stereocenters. The van der Waals surface area contributed by atoms with Gasteiger partial charge in [-0.05, 0) is 25.1 Å². The van der Waals surface area contributed by atoms with Crippen molar-refractivity contribution in [3.63, 3.8) is 0 Å². The molecule has 116 valence electrons. The summed E-state index contributed by atoms with van der Waals surface area (Å²) in [7, 11) is 0. The fourth-order valence-electron chi connectivity index (χ4n) is 2.78. The summed E-state index contributed by atoms with van der Waals surface area (Å²) in [4.78, 5) is 29.1. The number of benzene rings is 1. The molecule has 1 N–H and O–H groups in total. The third-order valence-corrected chi connectivity index (χ3v) is 5.52. The van der Waals surface area contributed by atoms with E-state index in [2.05, 4.69) is 11.9 Å². The molecule has 0 saturated carbocycles. The van der Waals surface area contributed by atoms with E-state index in [1.54, 1.807) is 4.90 Å². The van der Waals surface area contributed by atoms with E-state index >= 15 is 0 Å². The van der Waals surface area contributed by atoms with Gasteiger partial charge in [0, 0.05) is 40.6 Å². The van der Waals surface area contributed by atoms with E-state index in [-0.39, 0.29) is 23.1 Å². The van der Waals surface area contributed by atoms with Gasteiger partial charge in [-0.15, -0.1) is 0 Å². The average Bonchev–Trinajstić information content (AvgIpc) is 2.49. The number of thioether (sulfide) groups is 1. The lowest BCUT2D eigenvalue weighted by Gasteiger charge is -2.37. The molecule has 1 aliphatic heterocycles. The molecular formula is C16H17FN2O2S. The number of halogens is 1. The molecule has 0 bridgehead atoms. The minimum atomic E-state index is -0.427. The molecule has 0 spiro atoms. The van der Waals surface area contributed by atoms with Crippen LogP contribution in [0.15, 0.2) is 29.1 Å². The summed E-state index contributed by atoms with van der Waals surface area (Å²) in [6.07, 6.45) is 0. The lowest BCUT2D eigenvalue weighted by atomic mass is 10.1. The Morgan fingerprint density at radius 2 is 2.14 bits per heavy atom. The number of amides is 1. The van der Waals surface area contributed by atoms with Crippen molar-refractivity contribution in [1.82, 2.24) is 9.88 Å². The smallest absolute Gasteiger partial charge is 0.255 e. The molecule has 2 heterocycles. The van der Waals surface area contributed by atoms with Gasteiger partial charge in [0.25, 0.3) is 5.91 Å². The highest BCUT2D eigenvalue weighted by molar-refractivity contribution is 8.00. The molecule has 2 aromatic rings. The number of carbonyl (C=O) groups excluding carboxylic acids is 1. The van der Waals surface area contributed by atoms with Crippen LogP contribution in [0.4, 0.5) is 4.39 Å². The summed E-state index contributed by atoms with van der Waals surface area (Å²) in [5.41, 5.74) is 0.392. The number of nitrogens with zero attached hydrogens (tertiary/aromatic N) is 1. The first-order valence-electron chi connectivity index (χ1n) is 7.22. The van der Waals surface area contributed by atoms with Gasteiger partial charge in [0.15, 0.2) is 0 Å². The summed E-state index contributed by atoms with van der Waals surface area (Å²) in [5, 5.41) is 0.783. The van der Waals surface area contributed by atoms with Crippen LogP contribution in [0.5, 0.6) is 0 Å². The molecule has 4 nitrogen and oxygen atoms in total. The molecule has 3 rings (SSSR count). The number of nitrogens with one attached hydrogen (secondary N) is 1. The highest BCUT2D eigenvalue weighted by Gasteiger charge is 2.30. The Bertz CT molecular complexity index is 789. The lowest BCUT2D eigenvalue weighted by Crippen LogP contribution is -2.48. The van der Waals surface area contributed by atoms with Gasteiger partial charge in [0.2, 0.25) is 5.56 Å². The van der Waals surface area contributed by atoms with Crippen LogP contribution in [-0.4, -0.2) is 39.4 Å². The van der Waals surface area contributed by atoms with E-state index in [4.69, 9.17) is 0 Å². The molecule has 2 atom stereocenters. The number of aromatic nitrogens is 1. The van der Waals surface area contributed by atoms with Crippen LogP contribution in [0.2, 0.25) is 0 Å². The molecule has 1 aromatic carbocycles. The van der Waals surface area contributed by atoms with Crippen LogP contribution >= 0.6 is 11.8 Å². The monoisotopic (exact) mass is 320 g/mol. The first-order valence-corrected chi connectivity index (χ1v) is 8.27. The number of aromatic amines is 1. The van der Waals surface area contributed by atoms with Gasteiger partial charge in [-0.2, -0.15) is 11.8 Å². The van der Waals surface area contributed by atoms with Crippen molar-refractivity contribution in [2.45, 2.75) is 25.1 Å². The van der Waals surface area contributed by atoms with Crippen LogP contribution in [-0.2, 0) is 0 Å². The van der Waals surface area contributed by atoms with E-state index in [0.717, 1.165) is 5.75 Å². The first-order chi connectivity index (χ1) is 10.5. The van der Waals surface area contributed by atoms with Crippen LogP contribution < -0.4 is 5.56 Å². The topological polar surface area (TPSA) is 53.2 Å². The van der Waals surface area contributed by atoms with Crippen LogP contribution in [0, 0.1) is 5.82 Å². The Labute approximate surface area is 131 Å². The second-order valence-electron chi connectivity index (χ2n) is 5.55. The molecule has 22 heavy (non-hydrogen) atoms. The molecule has 1 aromatic heterocycles. The summed E-state index contributed by atoms with van der Waals surface area (Å²) in [5.74, 6) is 0.234. The molecular weight excluding hydrogens is 303 g/mol. The minimum Gasteiger partial charge on any atom is -0.334 e. The predicted molar refractivity (Wildman–Crippen MR) is 86.9 cm³/mol. The van der Waals surface area contributed by atoms with E-state index in [9.17, 15) is 14.0 Å². The SMILES string of the molecule is C[C@H]1SCCN(C(=O)c2cc(=O)[nH]c3ccc(F)cc23)[C@H]1C. The number of hydrogen-bond acceptors (Lipinski definition) is 3. The van der Waals surface area contributed by atoms with Crippen molar-refractivity contribution in [3.05, 3.63) is 46.0 Å². The molecule has 1 saturated heterocycles. The fourth-order valence-corrected chi connectivity index (χ4v) is 3.88. The Hall–Kier alpha value is -1.82. The largest absolute Gasteiger partial charge is 0.334 e. The Kier molecular flexibility index (Phi) is 3.95. The number of H-pyrrole nitrogens is 1. The van der Waals surface area contributed by atoms with Gasteiger partial charge >= 0.3 is 0 Å². The second-order valence-corrected chi connectivity index (χ2v) is 7.04. The molecule has 6 heteroatoms. The van der Waals surface area contributed by atoms with Gasteiger partial charge in [-0.25, -0.2) is 4.39 Å². The molecule has 1 fully saturated rings. The standard InChI is InChI=1S/C16H17FN2O2S/c1-9-10(2)22-6-5-19(9)16(21)13-8-15(20)18-14-4-3-11(17)7-12(13)14/h3-4,7-10H,5-6H2,1-2H3,(H,18,20)/t9-,10+/m0/s1. The molecule has 1 amide bonds. The summed E-state index contributed by atoms with van der Waals surface area (Å²) >= 11 is 1.83. The average molecular weight is 320 g/mol. The Balaban J connectivity index is 2.10. The zero-order valence-electron chi connectivity index (χ0n) is 12.4. The van der Waals surface area contributed by atoms with E-state index < -0.39 is 5.82 Å². The van der Waals surface area contributed by atoms with Gasteiger partial charge in [-0.3, -0.25) is 9.59 Å². The molecule has 1 aliphatic rings. The van der Waals surface area contributed by atoms with Gasteiger partial charge in [-0.1, -0.05) is 6.92 Å². The van der Waals surface area contributed by atoms with Crippen molar-refractivity contribution in [1.29, 1.82) is 0 Å². The van der Waals surface area contributed by atoms with Crippen LogP contribution in [0.25, 0.3) is 10.9 Å². The highest BCUT2D eigenvalue weighted by atomic mass is 32.2. The minimum absolute atomic E-state index is 0.0779. The fraction of sp³-hybridized carbons (Fsp3) is 0.375. The first kappa shape index (κ1) is 15.1. The third-order valence-electron chi connectivity index (χ3n) is 4.18. The number of rotatable bonds is 1. The number of hydrogen-bond donors (Lipinski definition) is 1. The third kappa shape index (κ3) is 2.63. The number of fused-ring (bicyclic) bond motifs is 1. The van der Waals surface area contributed by atoms with E-state index in [0.29, 0.717) is 22.7 Å². The van der Waals surface area contributed by atoms with Gasteiger partial charge in [0.05, 0.1) is 5.56 Å². The van der Waals surface area contributed by atoms with Crippen molar-refractivity contribution in [2.75, 3.05) is 12.3 Å². The normalized spacial score (nSPS) is 22.0. The molecule has 0 aliphatic carbocycles. The maximum atomic E-state index is 13.5. The maximum absolute atomic E-state index is 13.5. The maximum Gasteiger partial charge on any atom is 0.255 e. The lowest BCUT2D eigenvalue weighted by molar-refractivity contribution is 0.0700. The summed E-state index contributed by atoms with van der Waals surface area (Å²) in [6.45, 7) is 4.73. The zero-order chi connectivity index (χ0) is 15.9. The van der Waals surface area contributed by atoms with Crippen molar-refractivity contribution >= 4 is 28.6 Å². The van der Waals surface area contributed by atoms with Gasteiger partial charge in [0.1, 0.15) is 5.82 Å². The molecule has 0 radical (unpaired) electrons. The van der Waals surface area contributed by atoms with Crippen molar-refractivity contribution in [2.24, 2.45) is 0 Å².